The van der Waals surface area contributed by atoms with E-state index in [9.17, 15) is 4.79 Å². The highest BCUT2D eigenvalue weighted by Crippen LogP contribution is 2.18. The fourth-order valence-corrected chi connectivity index (χ4v) is 1.75. The summed E-state index contributed by atoms with van der Waals surface area (Å²) in [6.45, 7) is 10.8. The lowest BCUT2D eigenvalue weighted by Crippen LogP contribution is -2.37. The van der Waals surface area contributed by atoms with Crippen LogP contribution in [0.15, 0.2) is 6.20 Å². The summed E-state index contributed by atoms with van der Waals surface area (Å²) in [6, 6.07) is 0.256. The number of hydrogen-bond acceptors (Lipinski definition) is 3. The minimum absolute atomic E-state index is 0.0647. The number of carbonyl (C=O) groups is 1. The number of aromatic nitrogens is 2. The van der Waals surface area contributed by atoms with Crippen molar-refractivity contribution < 1.29 is 4.79 Å². The Balaban J connectivity index is 2.79. The Morgan fingerprint density at radius 3 is 2.56 bits per heavy atom. The molecule has 0 bridgehead atoms. The number of likely N-dealkylation sites (N-methyl/N-ethyl adjacent to an activating group) is 1. The van der Waals surface area contributed by atoms with Crippen LogP contribution in [0.25, 0.3) is 0 Å². The normalized spacial score (nSPS) is 13.4. The van der Waals surface area contributed by atoms with Gasteiger partial charge in [-0.05, 0) is 41.7 Å². The van der Waals surface area contributed by atoms with Gasteiger partial charge in [0.2, 0.25) is 0 Å². The van der Waals surface area contributed by atoms with Gasteiger partial charge in [0.25, 0.3) is 5.91 Å². The van der Waals surface area contributed by atoms with Gasteiger partial charge in [0.05, 0.1) is 17.3 Å². The van der Waals surface area contributed by atoms with E-state index in [4.69, 9.17) is 0 Å². The zero-order chi connectivity index (χ0) is 13.9. The largest absolute Gasteiger partial charge is 0.350 e. The second kappa shape index (κ2) is 5.52. The van der Waals surface area contributed by atoms with Crippen LogP contribution in [0.5, 0.6) is 0 Å². The highest BCUT2D eigenvalue weighted by atomic mass is 16.1. The zero-order valence-electron chi connectivity index (χ0n) is 12.2. The van der Waals surface area contributed by atoms with E-state index in [1.807, 2.05) is 25.6 Å². The maximum Gasteiger partial charge on any atom is 0.254 e. The monoisotopic (exact) mass is 252 g/mol. The van der Waals surface area contributed by atoms with E-state index < -0.39 is 0 Å². The summed E-state index contributed by atoms with van der Waals surface area (Å²) in [4.78, 5) is 12.0. The first-order valence-corrected chi connectivity index (χ1v) is 6.28. The predicted octanol–water partition coefficient (Wildman–Crippen LogP) is 1.28. The summed E-state index contributed by atoms with van der Waals surface area (Å²) in [5, 5.41) is 10.3. The van der Waals surface area contributed by atoms with E-state index in [1.165, 1.54) is 0 Å². The quantitative estimate of drug-likeness (QED) is 0.849. The van der Waals surface area contributed by atoms with Crippen molar-refractivity contribution >= 4 is 5.91 Å². The topological polar surface area (TPSA) is 58.9 Å². The molecule has 0 spiro atoms. The second-order valence-electron chi connectivity index (χ2n) is 5.63. The van der Waals surface area contributed by atoms with Crippen LogP contribution in [0, 0.1) is 6.92 Å². The van der Waals surface area contributed by atoms with E-state index in [1.54, 1.807) is 6.20 Å². The number of nitrogens with zero attached hydrogens (tertiary/aromatic N) is 2. The van der Waals surface area contributed by atoms with Crippen LogP contribution >= 0.6 is 0 Å². The molecule has 1 aromatic heterocycles. The Labute approximate surface area is 109 Å². The summed E-state index contributed by atoms with van der Waals surface area (Å²) in [7, 11) is 1.87. The van der Waals surface area contributed by atoms with E-state index >= 15 is 0 Å². The average molecular weight is 252 g/mol. The number of rotatable bonds is 4. The van der Waals surface area contributed by atoms with E-state index in [-0.39, 0.29) is 17.5 Å². The number of hydrogen-bond donors (Lipinski definition) is 2. The Kier molecular flexibility index (Phi) is 4.51. The van der Waals surface area contributed by atoms with Crippen LogP contribution in [0.4, 0.5) is 0 Å². The van der Waals surface area contributed by atoms with E-state index in [0.717, 1.165) is 5.69 Å². The van der Waals surface area contributed by atoms with Crippen molar-refractivity contribution in [1.82, 2.24) is 20.4 Å². The van der Waals surface area contributed by atoms with Crippen molar-refractivity contribution in [1.29, 1.82) is 0 Å². The molecule has 2 N–H and O–H groups in total. The Morgan fingerprint density at radius 2 is 2.11 bits per heavy atom. The van der Waals surface area contributed by atoms with E-state index in [2.05, 4.69) is 36.5 Å². The lowest BCUT2D eigenvalue weighted by Gasteiger charge is -2.21. The third-order valence-electron chi connectivity index (χ3n) is 2.95. The molecule has 18 heavy (non-hydrogen) atoms. The van der Waals surface area contributed by atoms with Gasteiger partial charge in [0, 0.05) is 18.3 Å². The van der Waals surface area contributed by atoms with Gasteiger partial charge in [-0.25, -0.2) is 0 Å². The maximum atomic E-state index is 12.0. The third-order valence-corrected chi connectivity index (χ3v) is 2.95. The molecular formula is C13H24N4O. The van der Waals surface area contributed by atoms with Crippen LogP contribution in [0.2, 0.25) is 0 Å². The highest BCUT2D eigenvalue weighted by Gasteiger charge is 2.21. The minimum atomic E-state index is -0.110. The van der Waals surface area contributed by atoms with Crippen molar-refractivity contribution in [2.45, 2.75) is 46.2 Å². The molecule has 1 rings (SSSR count). The smallest absolute Gasteiger partial charge is 0.254 e. The molecule has 0 fully saturated rings. The SMILES string of the molecule is CNC(C)CNC(=O)c1cnn(C(C)(C)C)c1C. The molecule has 0 aliphatic rings. The van der Waals surface area contributed by atoms with Gasteiger partial charge in [-0.15, -0.1) is 0 Å². The fourth-order valence-electron chi connectivity index (χ4n) is 1.75. The number of amides is 1. The number of nitrogens with one attached hydrogen (secondary N) is 2. The van der Waals surface area contributed by atoms with Crippen LogP contribution < -0.4 is 10.6 Å². The van der Waals surface area contributed by atoms with Gasteiger partial charge in [0.15, 0.2) is 0 Å². The summed E-state index contributed by atoms with van der Waals surface area (Å²) in [5.74, 6) is -0.0647. The summed E-state index contributed by atoms with van der Waals surface area (Å²) in [5.41, 5.74) is 1.44. The highest BCUT2D eigenvalue weighted by molar-refractivity contribution is 5.95. The Morgan fingerprint density at radius 1 is 1.50 bits per heavy atom. The lowest BCUT2D eigenvalue weighted by molar-refractivity contribution is 0.0949. The van der Waals surface area contributed by atoms with Gasteiger partial charge in [-0.1, -0.05) is 0 Å². The number of carbonyl (C=O) groups excluding carboxylic acids is 1. The van der Waals surface area contributed by atoms with Crippen molar-refractivity contribution in [3.05, 3.63) is 17.5 Å². The molecule has 102 valence electrons. The van der Waals surface area contributed by atoms with Gasteiger partial charge < -0.3 is 10.6 Å². The van der Waals surface area contributed by atoms with Crippen LogP contribution in [0.1, 0.15) is 43.7 Å². The molecule has 0 aliphatic carbocycles. The molecule has 0 radical (unpaired) electrons. The third kappa shape index (κ3) is 3.32. The predicted molar refractivity (Wildman–Crippen MR) is 72.8 cm³/mol. The summed E-state index contributed by atoms with van der Waals surface area (Å²) < 4.78 is 1.88. The van der Waals surface area contributed by atoms with E-state index in [0.29, 0.717) is 12.1 Å². The molecule has 1 unspecified atom stereocenters. The molecule has 1 atom stereocenters. The molecule has 5 heteroatoms. The van der Waals surface area contributed by atoms with Crippen molar-refractivity contribution in [2.24, 2.45) is 0 Å². The standard InChI is InChI=1S/C13H24N4O/c1-9(14-6)7-15-12(18)11-8-16-17(10(11)2)13(3,4)5/h8-9,14H,7H2,1-6H3,(H,15,18). The molecular weight excluding hydrogens is 228 g/mol. The minimum Gasteiger partial charge on any atom is -0.350 e. The molecule has 0 saturated carbocycles. The molecule has 1 amide bonds. The lowest BCUT2D eigenvalue weighted by atomic mass is 10.1. The molecule has 0 aromatic carbocycles. The van der Waals surface area contributed by atoms with Crippen LogP contribution in [0.3, 0.4) is 0 Å². The van der Waals surface area contributed by atoms with Gasteiger partial charge >= 0.3 is 0 Å². The zero-order valence-corrected chi connectivity index (χ0v) is 12.2. The molecule has 1 aromatic rings. The molecule has 0 aliphatic heterocycles. The Bertz CT molecular complexity index is 417. The van der Waals surface area contributed by atoms with Crippen LogP contribution in [-0.4, -0.2) is 35.3 Å². The first-order valence-electron chi connectivity index (χ1n) is 6.28. The molecule has 0 saturated heterocycles. The first kappa shape index (κ1) is 14.7. The van der Waals surface area contributed by atoms with Crippen LogP contribution in [-0.2, 0) is 5.54 Å². The van der Waals surface area contributed by atoms with Gasteiger partial charge in [0.1, 0.15) is 0 Å². The van der Waals surface area contributed by atoms with Crippen molar-refractivity contribution in [3.8, 4) is 0 Å². The molecule has 1 heterocycles. The summed E-state index contributed by atoms with van der Waals surface area (Å²) in [6.07, 6.45) is 1.64. The van der Waals surface area contributed by atoms with Gasteiger partial charge in [-0.3, -0.25) is 9.48 Å². The van der Waals surface area contributed by atoms with Crippen molar-refractivity contribution in [3.63, 3.8) is 0 Å². The first-order chi connectivity index (χ1) is 8.27. The second-order valence-corrected chi connectivity index (χ2v) is 5.63. The average Bonchev–Trinajstić information content (AvgIpc) is 2.67. The Hall–Kier alpha value is -1.36. The summed E-state index contributed by atoms with van der Waals surface area (Å²) >= 11 is 0. The fraction of sp³-hybridized carbons (Fsp3) is 0.692. The van der Waals surface area contributed by atoms with Gasteiger partial charge in [-0.2, -0.15) is 5.10 Å². The maximum absolute atomic E-state index is 12.0. The molecule has 5 nitrogen and oxygen atoms in total. The van der Waals surface area contributed by atoms with Crippen molar-refractivity contribution in [2.75, 3.05) is 13.6 Å².